The van der Waals surface area contributed by atoms with Crippen molar-refractivity contribution < 1.29 is 9.53 Å². The average Bonchev–Trinajstić information content (AvgIpc) is 2.96. The van der Waals surface area contributed by atoms with Gasteiger partial charge in [-0.25, -0.2) is 19.7 Å². The van der Waals surface area contributed by atoms with Gasteiger partial charge < -0.3 is 10.1 Å². The Bertz CT molecular complexity index is 857. The molecule has 0 atom stereocenters. The van der Waals surface area contributed by atoms with Gasteiger partial charge in [-0.05, 0) is 26.0 Å². The van der Waals surface area contributed by atoms with Crippen molar-refractivity contribution in [2.45, 2.75) is 20.3 Å². The molecule has 1 N–H and O–H groups in total. The molecule has 0 saturated heterocycles. The molecule has 0 aliphatic heterocycles. The maximum absolute atomic E-state index is 11.8. The van der Waals surface area contributed by atoms with Crippen LogP contribution in [0.3, 0.4) is 0 Å². The normalized spacial score (nSPS) is 10.8. The largest absolute Gasteiger partial charge is 0.462 e. The monoisotopic (exact) mass is 342 g/mol. The highest BCUT2D eigenvalue weighted by atomic mass is 32.1. The molecule has 3 aromatic rings. The molecule has 0 bridgehead atoms. The summed E-state index contributed by atoms with van der Waals surface area (Å²) in [6.07, 6.45) is 2.26. The van der Waals surface area contributed by atoms with E-state index in [-0.39, 0.29) is 5.97 Å². The Hall–Kier alpha value is -2.54. The topological polar surface area (TPSA) is 77.0 Å². The molecule has 0 aliphatic carbocycles. The van der Waals surface area contributed by atoms with Crippen molar-refractivity contribution in [2.24, 2.45) is 0 Å². The molecule has 0 aliphatic rings. The maximum atomic E-state index is 11.8. The molecule has 0 unspecified atom stereocenters. The maximum Gasteiger partial charge on any atom is 0.350 e. The SMILES string of the molecule is CCOC(=O)c1sc(CCNc2ncnc3ccccc23)nc1C. The molecule has 0 spiro atoms. The van der Waals surface area contributed by atoms with Crippen LogP contribution in [0.25, 0.3) is 10.9 Å². The van der Waals surface area contributed by atoms with Crippen LogP contribution in [0.1, 0.15) is 27.3 Å². The van der Waals surface area contributed by atoms with Crippen molar-refractivity contribution in [2.75, 3.05) is 18.5 Å². The van der Waals surface area contributed by atoms with E-state index in [1.54, 1.807) is 13.3 Å². The van der Waals surface area contributed by atoms with Crippen LogP contribution >= 0.6 is 11.3 Å². The lowest BCUT2D eigenvalue weighted by Gasteiger charge is -2.06. The number of hydrogen-bond acceptors (Lipinski definition) is 7. The smallest absolute Gasteiger partial charge is 0.350 e. The first-order valence-electron chi connectivity index (χ1n) is 7.76. The Morgan fingerprint density at radius 3 is 2.96 bits per heavy atom. The Kier molecular flexibility index (Phi) is 5.00. The van der Waals surface area contributed by atoms with Gasteiger partial charge in [-0.2, -0.15) is 0 Å². The zero-order chi connectivity index (χ0) is 16.9. The van der Waals surface area contributed by atoms with Gasteiger partial charge in [-0.1, -0.05) is 12.1 Å². The molecule has 1 aromatic carbocycles. The van der Waals surface area contributed by atoms with Gasteiger partial charge in [0.2, 0.25) is 0 Å². The second-order valence-electron chi connectivity index (χ2n) is 5.16. The summed E-state index contributed by atoms with van der Waals surface area (Å²) in [6.45, 7) is 4.67. The second-order valence-corrected chi connectivity index (χ2v) is 6.24. The van der Waals surface area contributed by atoms with Crippen LogP contribution in [0.15, 0.2) is 30.6 Å². The molecule has 24 heavy (non-hydrogen) atoms. The number of aryl methyl sites for hydroxylation is 1. The number of anilines is 1. The van der Waals surface area contributed by atoms with E-state index in [0.717, 1.165) is 27.4 Å². The predicted molar refractivity (Wildman–Crippen MR) is 94.5 cm³/mol. The molecule has 2 aromatic heterocycles. The van der Waals surface area contributed by atoms with Gasteiger partial charge in [0, 0.05) is 18.4 Å². The molecular weight excluding hydrogens is 324 g/mol. The highest BCUT2D eigenvalue weighted by Crippen LogP contribution is 2.21. The molecule has 6 nitrogen and oxygen atoms in total. The van der Waals surface area contributed by atoms with Crippen molar-refractivity contribution in [1.29, 1.82) is 0 Å². The number of esters is 1. The third kappa shape index (κ3) is 3.51. The van der Waals surface area contributed by atoms with Gasteiger partial charge >= 0.3 is 5.97 Å². The number of para-hydroxylation sites is 1. The van der Waals surface area contributed by atoms with Crippen molar-refractivity contribution in [3.05, 3.63) is 46.2 Å². The van der Waals surface area contributed by atoms with Gasteiger partial charge in [0.1, 0.15) is 17.0 Å². The molecule has 0 saturated carbocycles. The van der Waals surface area contributed by atoms with Crippen molar-refractivity contribution >= 4 is 34.0 Å². The lowest BCUT2D eigenvalue weighted by molar-refractivity contribution is 0.0531. The van der Waals surface area contributed by atoms with Gasteiger partial charge in [0.25, 0.3) is 0 Å². The number of fused-ring (bicyclic) bond motifs is 1. The number of aromatic nitrogens is 3. The third-order valence-electron chi connectivity index (χ3n) is 3.48. The van der Waals surface area contributed by atoms with Gasteiger partial charge in [0.05, 0.1) is 22.8 Å². The fourth-order valence-corrected chi connectivity index (χ4v) is 3.34. The van der Waals surface area contributed by atoms with E-state index in [4.69, 9.17) is 4.74 Å². The van der Waals surface area contributed by atoms with Crippen LogP contribution in [0.5, 0.6) is 0 Å². The zero-order valence-corrected chi connectivity index (χ0v) is 14.4. The van der Waals surface area contributed by atoms with E-state index in [9.17, 15) is 4.79 Å². The van der Waals surface area contributed by atoms with E-state index < -0.39 is 0 Å². The van der Waals surface area contributed by atoms with E-state index >= 15 is 0 Å². The van der Waals surface area contributed by atoms with Gasteiger partial charge in [-0.15, -0.1) is 11.3 Å². The summed E-state index contributed by atoms with van der Waals surface area (Å²) in [5.41, 5.74) is 1.63. The van der Waals surface area contributed by atoms with Crippen LogP contribution in [0.4, 0.5) is 5.82 Å². The predicted octanol–water partition coefficient (Wildman–Crippen LogP) is 3.23. The first-order valence-corrected chi connectivity index (χ1v) is 8.57. The summed E-state index contributed by atoms with van der Waals surface area (Å²) < 4.78 is 5.04. The number of rotatable bonds is 6. The van der Waals surface area contributed by atoms with E-state index in [2.05, 4.69) is 20.3 Å². The Labute approximate surface area is 143 Å². The molecule has 3 rings (SSSR count). The summed E-state index contributed by atoms with van der Waals surface area (Å²) in [5.74, 6) is 0.507. The molecule has 7 heteroatoms. The van der Waals surface area contributed by atoms with Crippen LogP contribution < -0.4 is 5.32 Å². The highest BCUT2D eigenvalue weighted by Gasteiger charge is 2.16. The minimum atomic E-state index is -0.298. The number of nitrogens with one attached hydrogen (secondary N) is 1. The van der Waals surface area contributed by atoms with E-state index in [1.165, 1.54) is 11.3 Å². The number of carbonyl (C=O) groups is 1. The van der Waals surface area contributed by atoms with Crippen molar-refractivity contribution in [3.63, 3.8) is 0 Å². The van der Waals surface area contributed by atoms with Crippen LogP contribution in [0, 0.1) is 6.92 Å². The first kappa shape index (κ1) is 16.3. The van der Waals surface area contributed by atoms with E-state index in [0.29, 0.717) is 24.4 Å². The number of benzene rings is 1. The molecule has 2 heterocycles. The minimum absolute atomic E-state index is 0.298. The third-order valence-corrected chi connectivity index (χ3v) is 4.67. The van der Waals surface area contributed by atoms with Crippen LogP contribution in [0.2, 0.25) is 0 Å². The fraction of sp³-hybridized carbons (Fsp3) is 0.294. The summed E-state index contributed by atoms with van der Waals surface area (Å²) in [7, 11) is 0. The van der Waals surface area contributed by atoms with Crippen molar-refractivity contribution in [3.8, 4) is 0 Å². The van der Waals surface area contributed by atoms with Crippen molar-refractivity contribution in [1.82, 2.24) is 15.0 Å². The summed E-state index contributed by atoms with van der Waals surface area (Å²) in [6, 6.07) is 7.86. The molecule has 124 valence electrons. The van der Waals surface area contributed by atoms with Gasteiger partial charge in [0.15, 0.2) is 0 Å². The first-order chi connectivity index (χ1) is 11.7. The van der Waals surface area contributed by atoms with Gasteiger partial charge in [-0.3, -0.25) is 0 Å². The zero-order valence-electron chi connectivity index (χ0n) is 13.6. The standard InChI is InChI=1S/C17H18N4O2S/c1-3-23-17(22)15-11(2)21-14(24-15)8-9-18-16-12-6-4-5-7-13(12)19-10-20-16/h4-7,10H,3,8-9H2,1-2H3,(H,18,19,20). The number of nitrogens with zero attached hydrogens (tertiary/aromatic N) is 3. The lowest BCUT2D eigenvalue weighted by Crippen LogP contribution is -2.07. The number of hydrogen-bond donors (Lipinski definition) is 1. The Morgan fingerprint density at radius 2 is 2.12 bits per heavy atom. The fourth-order valence-electron chi connectivity index (χ4n) is 2.38. The Balaban J connectivity index is 1.66. The molecule has 0 fully saturated rings. The lowest BCUT2D eigenvalue weighted by atomic mass is 10.2. The molecular formula is C17H18N4O2S. The van der Waals surface area contributed by atoms with Crippen LogP contribution in [-0.4, -0.2) is 34.1 Å². The number of thiazole rings is 1. The molecule has 0 radical (unpaired) electrons. The molecule has 0 amide bonds. The number of carbonyl (C=O) groups excluding carboxylic acids is 1. The van der Waals surface area contributed by atoms with E-state index in [1.807, 2.05) is 31.2 Å². The van der Waals surface area contributed by atoms with Crippen LogP contribution in [-0.2, 0) is 11.2 Å². The minimum Gasteiger partial charge on any atom is -0.462 e. The Morgan fingerprint density at radius 1 is 1.29 bits per heavy atom. The average molecular weight is 342 g/mol. The summed E-state index contributed by atoms with van der Waals surface area (Å²) in [4.78, 5) is 25.4. The highest BCUT2D eigenvalue weighted by molar-refractivity contribution is 7.13. The summed E-state index contributed by atoms with van der Waals surface area (Å²) >= 11 is 1.39. The summed E-state index contributed by atoms with van der Waals surface area (Å²) in [5, 5.41) is 5.21. The second kappa shape index (κ2) is 7.35. The number of ether oxygens (including phenoxy) is 1. The quantitative estimate of drug-likeness (QED) is 0.693.